The maximum absolute atomic E-state index is 11.6. The van der Waals surface area contributed by atoms with E-state index in [4.69, 9.17) is 4.74 Å². The molecule has 17 heavy (non-hydrogen) atoms. The van der Waals surface area contributed by atoms with Crippen molar-refractivity contribution in [3.63, 3.8) is 0 Å². The Bertz CT molecular complexity index is 187. The number of rotatable bonds is 10. The van der Waals surface area contributed by atoms with Crippen molar-refractivity contribution in [1.29, 1.82) is 0 Å². The fourth-order valence-corrected chi connectivity index (χ4v) is 1.71. The highest BCUT2D eigenvalue weighted by atomic mass is 16.5. The molecule has 102 valence electrons. The first-order valence-electron chi connectivity index (χ1n) is 7.24. The molecule has 0 aromatic carbocycles. The third kappa shape index (κ3) is 10.3. The van der Waals surface area contributed by atoms with E-state index in [0.717, 1.165) is 19.3 Å². The lowest BCUT2D eigenvalue weighted by atomic mass is 10.0. The van der Waals surface area contributed by atoms with Gasteiger partial charge in [-0.1, -0.05) is 59.8 Å². The Hall–Kier alpha value is -0.530. The number of hydrogen-bond donors (Lipinski definition) is 0. The van der Waals surface area contributed by atoms with Crippen LogP contribution < -0.4 is 0 Å². The summed E-state index contributed by atoms with van der Waals surface area (Å²) in [5.74, 6) is 0.664. The third-order valence-corrected chi connectivity index (χ3v) is 3.08. The first kappa shape index (κ1) is 16.5. The SMILES string of the molecule is CCCCCCCC(C)C(=O)OCCC(C)C. The van der Waals surface area contributed by atoms with E-state index in [-0.39, 0.29) is 11.9 Å². The molecule has 0 aliphatic carbocycles. The highest BCUT2D eigenvalue weighted by Gasteiger charge is 2.13. The number of hydrogen-bond acceptors (Lipinski definition) is 2. The molecule has 0 aromatic heterocycles. The second-order valence-electron chi connectivity index (χ2n) is 5.45. The average Bonchev–Trinajstić information content (AvgIpc) is 2.27. The van der Waals surface area contributed by atoms with Crippen LogP contribution in [0.15, 0.2) is 0 Å². The quantitative estimate of drug-likeness (QED) is 0.414. The molecule has 0 fully saturated rings. The molecule has 2 nitrogen and oxygen atoms in total. The molecule has 0 spiro atoms. The fraction of sp³-hybridized carbons (Fsp3) is 0.933. The average molecular weight is 242 g/mol. The van der Waals surface area contributed by atoms with Gasteiger partial charge in [-0.2, -0.15) is 0 Å². The van der Waals surface area contributed by atoms with Crippen molar-refractivity contribution in [2.24, 2.45) is 11.8 Å². The van der Waals surface area contributed by atoms with Crippen molar-refractivity contribution in [3.8, 4) is 0 Å². The van der Waals surface area contributed by atoms with Crippen molar-refractivity contribution in [3.05, 3.63) is 0 Å². The first-order chi connectivity index (χ1) is 8.07. The van der Waals surface area contributed by atoms with Gasteiger partial charge < -0.3 is 4.74 Å². The summed E-state index contributed by atoms with van der Waals surface area (Å²) in [5.41, 5.74) is 0. The van der Waals surface area contributed by atoms with Gasteiger partial charge in [0.05, 0.1) is 12.5 Å². The number of ether oxygens (including phenoxy) is 1. The van der Waals surface area contributed by atoms with E-state index in [1.54, 1.807) is 0 Å². The summed E-state index contributed by atoms with van der Waals surface area (Å²) in [6.07, 6.45) is 8.22. The number of esters is 1. The lowest BCUT2D eigenvalue weighted by Crippen LogP contribution is -2.16. The molecule has 1 atom stereocenters. The van der Waals surface area contributed by atoms with Gasteiger partial charge >= 0.3 is 5.97 Å². The van der Waals surface area contributed by atoms with Gasteiger partial charge in [0.15, 0.2) is 0 Å². The molecule has 0 saturated carbocycles. The minimum atomic E-state index is -0.0128. The summed E-state index contributed by atoms with van der Waals surface area (Å²) in [4.78, 5) is 11.6. The van der Waals surface area contributed by atoms with Crippen LogP contribution in [0.2, 0.25) is 0 Å². The summed E-state index contributed by atoms with van der Waals surface area (Å²) in [5, 5.41) is 0. The van der Waals surface area contributed by atoms with Crippen LogP contribution in [0.25, 0.3) is 0 Å². The van der Waals surface area contributed by atoms with Crippen molar-refractivity contribution in [2.75, 3.05) is 6.61 Å². The maximum Gasteiger partial charge on any atom is 0.308 e. The molecular weight excluding hydrogens is 212 g/mol. The fourth-order valence-electron chi connectivity index (χ4n) is 1.71. The molecule has 0 bridgehead atoms. The highest BCUT2D eigenvalue weighted by molar-refractivity contribution is 5.71. The van der Waals surface area contributed by atoms with Crippen molar-refractivity contribution in [2.45, 2.75) is 72.6 Å². The van der Waals surface area contributed by atoms with E-state index in [0.29, 0.717) is 12.5 Å². The first-order valence-corrected chi connectivity index (χ1v) is 7.24. The summed E-state index contributed by atoms with van der Waals surface area (Å²) >= 11 is 0. The minimum absolute atomic E-state index is 0.0128. The molecule has 0 saturated heterocycles. The lowest BCUT2D eigenvalue weighted by molar-refractivity contribution is -0.148. The zero-order valence-corrected chi connectivity index (χ0v) is 12.1. The molecule has 1 unspecified atom stereocenters. The van der Waals surface area contributed by atoms with E-state index < -0.39 is 0 Å². The van der Waals surface area contributed by atoms with Crippen LogP contribution in [0, 0.1) is 11.8 Å². The number of carbonyl (C=O) groups is 1. The van der Waals surface area contributed by atoms with Crippen molar-refractivity contribution in [1.82, 2.24) is 0 Å². The van der Waals surface area contributed by atoms with Crippen LogP contribution >= 0.6 is 0 Å². The van der Waals surface area contributed by atoms with E-state index in [1.807, 2.05) is 6.92 Å². The molecule has 0 amide bonds. The number of unbranched alkanes of at least 4 members (excludes halogenated alkanes) is 4. The Kier molecular flexibility index (Phi) is 10.3. The summed E-state index contributed by atoms with van der Waals surface area (Å²) < 4.78 is 5.25. The Labute approximate surface area is 107 Å². The second-order valence-corrected chi connectivity index (χ2v) is 5.45. The van der Waals surface area contributed by atoms with Gasteiger partial charge in [-0.3, -0.25) is 4.79 Å². The molecule has 0 N–H and O–H groups in total. The van der Waals surface area contributed by atoms with Gasteiger partial charge in [0.2, 0.25) is 0 Å². The predicted molar refractivity (Wildman–Crippen MR) is 73.0 cm³/mol. The van der Waals surface area contributed by atoms with E-state index in [9.17, 15) is 4.79 Å². The Morgan fingerprint density at radius 3 is 2.24 bits per heavy atom. The smallest absolute Gasteiger partial charge is 0.308 e. The van der Waals surface area contributed by atoms with Crippen LogP contribution in [0.3, 0.4) is 0 Å². The molecule has 0 aliphatic heterocycles. The molecule has 0 heterocycles. The standard InChI is InChI=1S/C15H30O2/c1-5-6-7-8-9-10-14(4)15(16)17-12-11-13(2)3/h13-14H,5-12H2,1-4H3. The zero-order chi connectivity index (χ0) is 13.1. The molecule has 0 rings (SSSR count). The summed E-state index contributed by atoms with van der Waals surface area (Å²) in [6, 6.07) is 0. The minimum Gasteiger partial charge on any atom is -0.465 e. The summed E-state index contributed by atoms with van der Waals surface area (Å²) in [6.45, 7) is 9.07. The van der Waals surface area contributed by atoms with Gasteiger partial charge in [0, 0.05) is 0 Å². The number of carbonyl (C=O) groups excluding carboxylic acids is 1. The van der Waals surface area contributed by atoms with E-state index in [2.05, 4.69) is 20.8 Å². The zero-order valence-electron chi connectivity index (χ0n) is 12.1. The Morgan fingerprint density at radius 1 is 1.00 bits per heavy atom. The van der Waals surface area contributed by atoms with Gasteiger partial charge in [-0.25, -0.2) is 0 Å². The van der Waals surface area contributed by atoms with Crippen molar-refractivity contribution >= 4 is 5.97 Å². The van der Waals surface area contributed by atoms with Crippen LogP contribution in [-0.4, -0.2) is 12.6 Å². The monoisotopic (exact) mass is 242 g/mol. The van der Waals surface area contributed by atoms with Crippen LogP contribution in [0.4, 0.5) is 0 Å². The topological polar surface area (TPSA) is 26.3 Å². The Morgan fingerprint density at radius 2 is 1.65 bits per heavy atom. The summed E-state index contributed by atoms with van der Waals surface area (Å²) in [7, 11) is 0. The largest absolute Gasteiger partial charge is 0.465 e. The Balaban J connectivity index is 3.47. The second kappa shape index (κ2) is 10.6. The molecule has 2 heteroatoms. The molecule has 0 radical (unpaired) electrons. The van der Waals surface area contributed by atoms with Gasteiger partial charge in [0.25, 0.3) is 0 Å². The van der Waals surface area contributed by atoms with Gasteiger partial charge in [-0.15, -0.1) is 0 Å². The van der Waals surface area contributed by atoms with Gasteiger partial charge in [0.1, 0.15) is 0 Å². The van der Waals surface area contributed by atoms with Crippen molar-refractivity contribution < 1.29 is 9.53 Å². The predicted octanol–water partition coefficient (Wildman–Crippen LogP) is 4.57. The molecule has 0 aromatic rings. The normalized spacial score (nSPS) is 12.8. The van der Waals surface area contributed by atoms with Crippen LogP contribution in [-0.2, 0) is 9.53 Å². The lowest BCUT2D eigenvalue weighted by Gasteiger charge is -2.12. The van der Waals surface area contributed by atoms with Gasteiger partial charge in [-0.05, 0) is 18.8 Å². The van der Waals surface area contributed by atoms with E-state index in [1.165, 1.54) is 25.7 Å². The van der Waals surface area contributed by atoms with Crippen LogP contribution in [0.1, 0.15) is 72.6 Å². The third-order valence-electron chi connectivity index (χ3n) is 3.08. The molecular formula is C15H30O2. The highest BCUT2D eigenvalue weighted by Crippen LogP contribution is 2.13. The maximum atomic E-state index is 11.6. The molecule has 0 aliphatic rings. The van der Waals surface area contributed by atoms with E-state index >= 15 is 0 Å². The van der Waals surface area contributed by atoms with Crippen LogP contribution in [0.5, 0.6) is 0 Å².